The molecular formula is C33H31NO4P2. The topological polar surface area (TPSA) is 78.6 Å². The van der Waals surface area contributed by atoms with Crippen molar-refractivity contribution in [3.63, 3.8) is 0 Å². The fourth-order valence-corrected chi connectivity index (χ4v) is 8.91. The average molecular weight is 568 g/mol. The Kier molecular flexibility index (Phi) is 8.91. The first-order valence-electron chi connectivity index (χ1n) is 13.1. The van der Waals surface area contributed by atoms with Crippen molar-refractivity contribution in [1.29, 1.82) is 0 Å². The van der Waals surface area contributed by atoms with E-state index < -0.39 is 26.9 Å². The van der Waals surface area contributed by atoms with Gasteiger partial charge in [0.25, 0.3) is 14.7 Å². The van der Waals surface area contributed by atoms with Gasteiger partial charge in [-0.2, -0.15) is 0 Å². The van der Waals surface area contributed by atoms with Crippen LogP contribution in [-0.4, -0.2) is 12.6 Å². The first-order valence-corrected chi connectivity index (χ1v) is 16.3. The number of hydrogen-bond donors (Lipinski definition) is 1. The number of nitrogens with two attached hydrogens (primary N) is 1. The van der Waals surface area contributed by atoms with Gasteiger partial charge in [0.15, 0.2) is 0 Å². The van der Waals surface area contributed by atoms with Crippen LogP contribution in [0.1, 0.15) is 11.7 Å². The van der Waals surface area contributed by atoms with Gasteiger partial charge in [-0.25, -0.2) is 0 Å². The summed E-state index contributed by atoms with van der Waals surface area (Å²) in [5, 5.41) is 2.28. The third-order valence-electron chi connectivity index (χ3n) is 6.61. The monoisotopic (exact) mass is 567 g/mol. The Morgan fingerprint density at radius 2 is 0.825 bits per heavy atom. The molecule has 7 heteroatoms. The van der Waals surface area contributed by atoms with Gasteiger partial charge in [-0.1, -0.05) is 103 Å². The van der Waals surface area contributed by atoms with E-state index in [0.717, 1.165) is 5.56 Å². The molecule has 2 unspecified atom stereocenters. The fraction of sp³-hybridized carbons (Fsp3) is 0.0909. The first kappa shape index (κ1) is 28.0. The van der Waals surface area contributed by atoms with Gasteiger partial charge in [-0.3, -0.25) is 9.13 Å². The second-order valence-corrected chi connectivity index (χ2v) is 14.1. The van der Waals surface area contributed by atoms with E-state index in [-0.39, 0.29) is 6.61 Å². The van der Waals surface area contributed by atoms with E-state index in [1.54, 1.807) is 48.5 Å². The van der Waals surface area contributed by atoms with Gasteiger partial charge in [0, 0.05) is 21.2 Å². The van der Waals surface area contributed by atoms with Crippen molar-refractivity contribution in [2.24, 2.45) is 5.73 Å². The number of rotatable bonds is 11. The third-order valence-corrected chi connectivity index (χ3v) is 11.6. The fourth-order valence-electron chi connectivity index (χ4n) is 4.53. The highest BCUT2D eigenvalue weighted by Crippen LogP contribution is 2.50. The lowest BCUT2D eigenvalue weighted by Crippen LogP contribution is -2.36. The Balaban J connectivity index is 1.51. The van der Waals surface area contributed by atoms with E-state index in [0.29, 0.717) is 21.2 Å². The quantitative estimate of drug-likeness (QED) is 0.200. The molecule has 0 aromatic heterocycles. The van der Waals surface area contributed by atoms with Gasteiger partial charge in [0.05, 0.1) is 12.6 Å². The summed E-state index contributed by atoms with van der Waals surface area (Å²) in [6, 6.07) is 45.2. The lowest BCUT2D eigenvalue weighted by Gasteiger charge is -2.31. The highest BCUT2D eigenvalue weighted by atomic mass is 31.2. The van der Waals surface area contributed by atoms with E-state index in [2.05, 4.69) is 0 Å². The maximum absolute atomic E-state index is 14.8. The zero-order chi connectivity index (χ0) is 27.8. The summed E-state index contributed by atoms with van der Waals surface area (Å²) < 4.78 is 42.1. The van der Waals surface area contributed by atoms with Crippen molar-refractivity contribution in [3.05, 3.63) is 157 Å². The summed E-state index contributed by atoms with van der Waals surface area (Å²) in [5.74, 6) is 0. The molecule has 5 rings (SSSR count). The Labute approximate surface area is 235 Å². The molecule has 0 saturated carbocycles. The molecule has 0 saturated heterocycles. The second kappa shape index (κ2) is 12.7. The van der Waals surface area contributed by atoms with E-state index >= 15 is 0 Å². The predicted octanol–water partition coefficient (Wildman–Crippen LogP) is 5.95. The zero-order valence-corrected chi connectivity index (χ0v) is 23.7. The van der Waals surface area contributed by atoms with Crippen LogP contribution in [0.2, 0.25) is 0 Å². The van der Waals surface area contributed by atoms with Crippen molar-refractivity contribution < 1.29 is 18.2 Å². The van der Waals surface area contributed by atoms with Crippen LogP contribution < -0.4 is 27.0 Å². The summed E-state index contributed by atoms with van der Waals surface area (Å²) in [6.45, 7) is -0.0930. The van der Waals surface area contributed by atoms with E-state index in [9.17, 15) is 9.13 Å². The van der Waals surface area contributed by atoms with E-state index in [1.165, 1.54) is 0 Å². The second-order valence-electron chi connectivity index (χ2n) is 9.34. The van der Waals surface area contributed by atoms with Gasteiger partial charge in [0.1, 0.15) is 6.10 Å². The first-order chi connectivity index (χ1) is 19.5. The van der Waals surface area contributed by atoms with Crippen molar-refractivity contribution >= 4 is 36.0 Å². The Morgan fingerprint density at radius 1 is 0.500 bits per heavy atom. The largest absolute Gasteiger partial charge is 0.323 e. The molecule has 0 heterocycles. The van der Waals surface area contributed by atoms with Crippen LogP contribution in [0.3, 0.4) is 0 Å². The maximum atomic E-state index is 14.8. The molecule has 2 N–H and O–H groups in total. The highest BCUT2D eigenvalue weighted by molar-refractivity contribution is 7.74. The molecule has 0 spiro atoms. The molecule has 0 fully saturated rings. The summed E-state index contributed by atoms with van der Waals surface area (Å²) in [4.78, 5) is 0. The summed E-state index contributed by atoms with van der Waals surface area (Å²) >= 11 is 0. The minimum absolute atomic E-state index is 0.0930. The highest BCUT2D eigenvalue weighted by Gasteiger charge is 2.37. The van der Waals surface area contributed by atoms with Crippen LogP contribution in [0.4, 0.5) is 0 Å². The van der Waals surface area contributed by atoms with Crippen molar-refractivity contribution in [2.45, 2.75) is 12.1 Å². The summed E-state index contributed by atoms with van der Waals surface area (Å²) in [7, 11) is -7.07. The Bertz CT molecular complexity index is 1500. The Hall–Kier alpha value is -3.56. The van der Waals surface area contributed by atoms with Gasteiger partial charge in [-0.05, 0) is 54.1 Å². The van der Waals surface area contributed by atoms with Gasteiger partial charge >= 0.3 is 0 Å². The van der Waals surface area contributed by atoms with Crippen LogP contribution in [0.15, 0.2) is 152 Å². The minimum Gasteiger partial charge on any atom is -0.323 e. The lowest BCUT2D eigenvalue weighted by atomic mass is 10.0. The minimum atomic E-state index is -3.58. The zero-order valence-electron chi connectivity index (χ0n) is 21.9. The van der Waals surface area contributed by atoms with Gasteiger partial charge in [-0.15, -0.1) is 0 Å². The smallest absolute Gasteiger partial charge is 0.261 e. The molecule has 5 nitrogen and oxygen atoms in total. The van der Waals surface area contributed by atoms with E-state index in [1.807, 2.05) is 103 Å². The van der Waals surface area contributed by atoms with Crippen molar-refractivity contribution in [2.75, 3.05) is 6.61 Å². The predicted molar refractivity (Wildman–Crippen MR) is 164 cm³/mol. The van der Waals surface area contributed by atoms with Crippen LogP contribution in [0.5, 0.6) is 0 Å². The van der Waals surface area contributed by atoms with Crippen LogP contribution in [0, 0.1) is 0 Å². The molecule has 0 radical (unpaired) electrons. The molecule has 0 aliphatic rings. The Morgan fingerprint density at radius 3 is 1.20 bits per heavy atom. The molecular weight excluding hydrogens is 536 g/mol. The molecule has 2 atom stereocenters. The maximum Gasteiger partial charge on any atom is 0.261 e. The molecule has 0 bridgehead atoms. The van der Waals surface area contributed by atoms with Crippen molar-refractivity contribution in [1.82, 2.24) is 0 Å². The molecule has 202 valence electrons. The number of benzene rings is 5. The standard InChI is InChI=1S/C33H31NO4P2/c34-32(26-37-39(35,28-18-8-2-9-19-28)29-20-10-3-11-21-29)33(27-16-6-1-7-17-27)38-40(36,30-22-12-4-13-23-30)31-24-14-5-15-25-31/h1-25,32-33H,26,34H2. The molecule has 5 aromatic carbocycles. The van der Waals surface area contributed by atoms with Crippen LogP contribution >= 0.6 is 14.7 Å². The molecule has 0 aliphatic carbocycles. The SMILES string of the molecule is NC(COP(=O)(c1ccccc1)c1ccccc1)C(OP(=O)(c1ccccc1)c1ccccc1)c1ccccc1. The van der Waals surface area contributed by atoms with Crippen LogP contribution in [-0.2, 0) is 18.2 Å². The average Bonchev–Trinajstić information content (AvgIpc) is 3.04. The number of hydrogen-bond acceptors (Lipinski definition) is 5. The molecule has 40 heavy (non-hydrogen) atoms. The summed E-state index contributed by atoms with van der Waals surface area (Å²) in [6.07, 6.45) is -0.813. The molecule has 5 aromatic rings. The lowest BCUT2D eigenvalue weighted by molar-refractivity contribution is 0.148. The molecule has 0 aliphatic heterocycles. The molecule has 0 amide bonds. The third kappa shape index (κ3) is 6.10. The summed E-state index contributed by atoms with van der Waals surface area (Å²) in [5.41, 5.74) is 7.53. The van der Waals surface area contributed by atoms with E-state index in [4.69, 9.17) is 14.8 Å². The van der Waals surface area contributed by atoms with Gasteiger partial charge in [0.2, 0.25) is 0 Å². The van der Waals surface area contributed by atoms with Gasteiger partial charge < -0.3 is 14.8 Å². The van der Waals surface area contributed by atoms with Crippen LogP contribution in [0.25, 0.3) is 0 Å². The normalized spacial score (nSPS) is 13.4. The van der Waals surface area contributed by atoms with Crippen molar-refractivity contribution in [3.8, 4) is 0 Å².